The Hall–Kier alpha value is -3.08. The summed E-state index contributed by atoms with van der Waals surface area (Å²) in [6, 6.07) is 11.0. The minimum absolute atomic E-state index is 0.199. The van der Waals surface area contributed by atoms with Gasteiger partial charge in [0.1, 0.15) is 11.5 Å². The van der Waals surface area contributed by atoms with Gasteiger partial charge in [-0.15, -0.1) is 0 Å². The number of ether oxygens (including phenoxy) is 3. The molecular formula is C23H24O5. The average Bonchev–Trinajstić information content (AvgIpc) is 3.19. The number of hydrogen-bond acceptors (Lipinski definition) is 5. The molecule has 0 bridgehead atoms. The van der Waals surface area contributed by atoms with Crippen LogP contribution in [-0.4, -0.2) is 32.1 Å². The second-order valence-electron chi connectivity index (χ2n) is 6.72. The van der Waals surface area contributed by atoms with E-state index in [1.165, 1.54) is 17.2 Å². The zero-order valence-corrected chi connectivity index (χ0v) is 16.4. The first-order chi connectivity index (χ1) is 13.5. The van der Waals surface area contributed by atoms with Crippen LogP contribution in [0.25, 0.3) is 6.08 Å². The number of aryl methyl sites for hydroxylation is 2. The van der Waals surface area contributed by atoms with Crippen molar-refractivity contribution in [3.63, 3.8) is 0 Å². The number of esters is 1. The molecule has 2 aromatic rings. The van der Waals surface area contributed by atoms with Gasteiger partial charge >= 0.3 is 5.97 Å². The molecule has 1 aliphatic carbocycles. The molecule has 0 saturated heterocycles. The molecule has 0 unspecified atom stereocenters. The second kappa shape index (κ2) is 8.74. The number of rotatable bonds is 7. The molecular weight excluding hydrogens is 356 g/mol. The first-order valence-corrected chi connectivity index (χ1v) is 9.28. The molecule has 28 heavy (non-hydrogen) atoms. The van der Waals surface area contributed by atoms with E-state index < -0.39 is 12.1 Å². The highest BCUT2D eigenvalue weighted by Crippen LogP contribution is 2.25. The first kappa shape index (κ1) is 19.7. The number of carbonyl (C=O) groups is 2. The monoisotopic (exact) mass is 380 g/mol. The van der Waals surface area contributed by atoms with Crippen LogP contribution in [-0.2, 0) is 22.4 Å². The van der Waals surface area contributed by atoms with Gasteiger partial charge in [0.05, 0.1) is 14.2 Å². The molecule has 0 spiro atoms. The maximum atomic E-state index is 12.6. The lowest BCUT2D eigenvalue weighted by Gasteiger charge is -2.12. The van der Waals surface area contributed by atoms with Crippen molar-refractivity contribution in [2.75, 3.05) is 14.2 Å². The third kappa shape index (κ3) is 4.42. The number of methoxy groups -OCH3 is 2. The highest BCUT2D eigenvalue weighted by Gasteiger charge is 2.20. The lowest BCUT2D eigenvalue weighted by molar-refractivity contribution is -0.140. The van der Waals surface area contributed by atoms with E-state index in [2.05, 4.69) is 0 Å². The van der Waals surface area contributed by atoms with Crippen LogP contribution in [0.5, 0.6) is 11.5 Å². The molecule has 0 amide bonds. The number of carbonyl (C=O) groups excluding carboxylic acids is 2. The predicted octanol–water partition coefficient (Wildman–Crippen LogP) is 4.02. The quantitative estimate of drug-likeness (QED) is 0.412. The molecule has 3 rings (SSSR count). The summed E-state index contributed by atoms with van der Waals surface area (Å²) in [5, 5.41) is 0. The highest BCUT2D eigenvalue weighted by molar-refractivity contribution is 6.01. The summed E-state index contributed by atoms with van der Waals surface area (Å²) in [6.45, 7) is 1.59. The topological polar surface area (TPSA) is 61.8 Å². The van der Waals surface area contributed by atoms with Crippen LogP contribution in [0.15, 0.2) is 42.5 Å². The molecule has 1 atom stereocenters. The van der Waals surface area contributed by atoms with Gasteiger partial charge in [-0.25, -0.2) is 4.79 Å². The first-order valence-electron chi connectivity index (χ1n) is 9.28. The Labute approximate surface area is 164 Å². The third-order valence-corrected chi connectivity index (χ3v) is 4.88. The number of ketones is 1. The molecule has 5 heteroatoms. The molecule has 146 valence electrons. The summed E-state index contributed by atoms with van der Waals surface area (Å²) in [4.78, 5) is 24.8. The fraction of sp³-hybridized carbons (Fsp3) is 0.304. The van der Waals surface area contributed by atoms with Crippen molar-refractivity contribution in [3.8, 4) is 11.5 Å². The van der Waals surface area contributed by atoms with E-state index in [0.717, 1.165) is 19.3 Å². The average molecular weight is 380 g/mol. The summed E-state index contributed by atoms with van der Waals surface area (Å²) in [5.41, 5.74) is 3.78. The maximum Gasteiger partial charge on any atom is 0.331 e. The van der Waals surface area contributed by atoms with Crippen LogP contribution in [0.4, 0.5) is 0 Å². The van der Waals surface area contributed by atoms with Gasteiger partial charge in [0.2, 0.25) is 5.78 Å². The fourth-order valence-electron chi connectivity index (χ4n) is 3.35. The van der Waals surface area contributed by atoms with Gasteiger partial charge in [0.25, 0.3) is 0 Å². The van der Waals surface area contributed by atoms with Crippen molar-refractivity contribution in [3.05, 3.63) is 64.7 Å². The minimum Gasteiger partial charge on any atom is -0.497 e. The van der Waals surface area contributed by atoms with Crippen LogP contribution in [0.1, 0.15) is 40.4 Å². The van der Waals surface area contributed by atoms with Crippen LogP contribution < -0.4 is 9.47 Å². The molecule has 0 radical (unpaired) electrons. The van der Waals surface area contributed by atoms with E-state index >= 15 is 0 Å². The summed E-state index contributed by atoms with van der Waals surface area (Å²) in [6.07, 6.45) is 5.18. The fourth-order valence-corrected chi connectivity index (χ4v) is 3.35. The number of hydrogen-bond donors (Lipinski definition) is 0. The Morgan fingerprint density at radius 2 is 1.79 bits per heavy atom. The van der Waals surface area contributed by atoms with Gasteiger partial charge in [0, 0.05) is 17.2 Å². The number of Topliss-reactive ketones (excluding diaryl/α,β-unsaturated/α-hetero) is 1. The van der Waals surface area contributed by atoms with E-state index in [1.807, 2.05) is 18.2 Å². The van der Waals surface area contributed by atoms with Gasteiger partial charge in [-0.3, -0.25) is 4.79 Å². The highest BCUT2D eigenvalue weighted by atomic mass is 16.5. The Balaban J connectivity index is 1.66. The summed E-state index contributed by atoms with van der Waals surface area (Å²) < 4.78 is 15.8. The Morgan fingerprint density at radius 1 is 1.00 bits per heavy atom. The predicted molar refractivity (Wildman–Crippen MR) is 107 cm³/mol. The lowest BCUT2D eigenvalue weighted by atomic mass is 10.0. The van der Waals surface area contributed by atoms with Crippen LogP contribution >= 0.6 is 0 Å². The Bertz CT molecular complexity index is 913. The Morgan fingerprint density at radius 3 is 2.54 bits per heavy atom. The molecule has 0 saturated carbocycles. The van der Waals surface area contributed by atoms with Crippen molar-refractivity contribution >= 4 is 17.8 Å². The van der Waals surface area contributed by atoms with E-state index in [1.54, 1.807) is 45.4 Å². The summed E-state index contributed by atoms with van der Waals surface area (Å²) in [5.74, 6) is 0.461. The van der Waals surface area contributed by atoms with Gasteiger partial charge < -0.3 is 14.2 Å². The van der Waals surface area contributed by atoms with Gasteiger partial charge in [-0.2, -0.15) is 0 Å². The van der Waals surface area contributed by atoms with Crippen LogP contribution in [0, 0.1) is 0 Å². The van der Waals surface area contributed by atoms with Gasteiger partial charge in [-0.05, 0) is 67.7 Å². The second-order valence-corrected chi connectivity index (χ2v) is 6.72. The largest absolute Gasteiger partial charge is 0.497 e. The molecule has 0 aromatic heterocycles. The van der Waals surface area contributed by atoms with Crippen LogP contribution in [0.2, 0.25) is 0 Å². The van der Waals surface area contributed by atoms with E-state index in [-0.39, 0.29) is 5.78 Å². The molecule has 5 nitrogen and oxygen atoms in total. The molecule has 0 fully saturated rings. The number of benzene rings is 2. The third-order valence-electron chi connectivity index (χ3n) is 4.88. The van der Waals surface area contributed by atoms with Crippen molar-refractivity contribution in [1.82, 2.24) is 0 Å². The van der Waals surface area contributed by atoms with Crippen molar-refractivity contribution in [1.29, 1.82) is 0 Å². The lowest BCUT2D eigenvalue weighted by Crippen LogP contribution is -2.23. The normalized spacial score (nSPS) is 13.8. The van der Waals surface area contributed by atoms with Crippen molar-refractivity contribution < 1.29 is 23.8 Å². The van der Waals surface area contributed by atoms with Gasteiger partial charge in [0.15, 0.2) is 6.10 Å². The molecule has 0 N–H and O–H groups in total. The molecule has 1 aliphatic rings. The number of fused-ring (bicyclic) bond motifs is 1. The van der Waals surface area contributed by atoms with Crippen molar-refractivity contribution in [2.45, 2.75) is 32.3 Å². The standard InChI is InChI=1S/C23H24O5/c1-15(23(25)19-8-7-16-5-4-6-17(16)13-19)28-22(24)12-9-18-14-20(26-2)10-11-21(18)27-3/h7-15H,4-6H2,1-3H3/b12-9+/t15-/m0/s1. The van der Waals surface area contributed by atoms with E-state index in [9.17, 15) is 9.59 Å². The SMILES string of the molecule is COc1ccc(OC)c(/C=C/C(=O)O[C@@H](C)C(=O)c2ccc3c(c2)CCC3)c1. The van der Waals surface area contributed by atoms with E-state index in [4.69, 9.17) is 14.2 Å². The zero-order valence-electron chi connectivity index (χ0n) is 16.4. The van der Waals surface area contributed by atoms with E-state index in [0.29, 0.717) is 22.6 Å². The van der Waals surface area contributed by atoms with Crippen molar-refractivity contribution in [2.24, 2.45) is 0 Å². The summed E-state index contributed by atoms with van der Waals surface area (Å²) >= 11 is 0. The summed E-state index contributed by atoms with van der Waals surface area (Å²) in [7, 11) is 3.12. The Kier molecular flexibility index (Phi) is 6.14. The van der Waals surface area contributed by atoms with Gasteiger partial charge in [-0.1, -0.05) is 12.1 Å². The maximum absolute atomic E-state index is 12.6. The molecule has 0 aliphatic heterocycles. The van der Waals surface area contributed by atoms with Crippen LogP contribution in [0.3, 0.4) is 0 Å². The zero-order chi connectivity index (χ0) is 20.1. The molecule has 2 aromatic carbocycles. The minimum atomic E-state index is -0.858. The smallest absolute Gasteiger partial charge is 0.331 e. The molecule has 0 heterocycles.